The van der Waals surface area contributed by atoms with Gasteiger partial charge in [0.25, 0.3) is 0 Å². The summed E-state index contributed by atoms with van der Waals surface area (Å²) in [7, 11) is 0. The number of para-hydroxylation sites is 1. The van der Waals surface area contributed by atoms with Gasteiger partial charge in [-0.15, -0.1) is 0 Å². The first-order valence-corrected chi connectivity index (χ1v) is 9.26. The number of piperazine rings is 1. The standard InChI is InChI=1S/C17H19N3O2S/c1-23-7-6-13-17(22)20-9-14-11(8-15(20)16(21)19-13)10-4-2-3-5-12(10)18-14/h2-5,13,15,18H,6-9H2,1H3,(H,19,21)/t13-,15-/m0/s1. The first kappa shape index (κ1) is 14.6. The summed E-state index contributed by atoms with van der Waals surface area (Å²) < 4.78 is 0. The Bertz CT molecular complexity index is 785. The van der Waals surface area contributed by atoms with Gasteiger partial charge >= 0.3 is 0 Å². The molecule has 3 heterocycles. The summed E-state index contributed by atoms with van der Waals surface area (Å²) in [4.78, 5) is 30.4. The monoisotopic (exact) mass is 329 g/mol. The van der Waals surface area contributed by atoms with Gasteiger partial charge < -0.3 is 15.2 Å². The van der Waals surface area contributed by atoms with Gasteiger partial charge in [0.05, 0.1) is 6.54 Å². The SMILES string of the molecule is CSCC[C@@H]1NC(=O)[C@@H]2Cc3c([nH]c4ccccc34)CN2C1=O. The minimum absolute atomic E-state index is 0.0216. The number of hydrogen-bond donors (Lipinski definition) is 2. The molecule has 0 spiro atoms. The first-order chi connectivity index (χ1) is 11.2. The van der Waals surface area contributed by atoms with Gasteiger partial charge in [-0.05, 0) is 30.1 Å². The lowest BCUT2D eigenvalue weighted by molar-refractivity contribution is -0.150. The number of nitrogens with one attached hydrogen (secondary N) is 2. The molecule has 5 nitrogen and oxygen atoms in total. The van der Waals surface area contributed by atoms with Crippen molar-refractivity contribution in [2.24, 2.45) is 0 Å². The summed E-state index contributed by atoms with van der Waals surface area (Å²) in [6, 6.07) is 7.36. The summed E-state index contributed by atoms with van der Waals surface area (Å²) >= 11 is 1.69. The smallest absolute Gasteiger partial charge is 0.246 e. The van der Waals surface area contributed by atoms with Crippen LogP contribution in [0, 0.1) is 0 Å². The van der Waals surface area contributed by atoms with E-state index in [0.29, 0.717) is 19.4 Å². The van der Waals surface area contributed by atoms with Crippen LogP contribution < -0.4 is 5.32 Å². The van der Waals surface area contributed by atoms with E-state index in [1.165, 1.54) is 5.56 Å². The number of aromatic nitrogens is 1. The molecule has 0 saturated carbocycles. The zero-order chi connectivity index (χ0) is 16.0. The van der Waals surface area contributed by atoms with Crippen LogP contribution in [-0.4, -0.2) is 45.8 Å². The quantitative estimate of drug-likeness (QED) is 0.900. The van der Waals surface area contributed by atoms with Gasteiger partial charge in [0.15, 0.2) is 0 Å². The highest BCUT2D eigenvalue weighted by Gasteiger charge is 2.43. The summed E-state index contributed by atoms with van der Waals surface area (Å²) in [6.45, 7) is 0.497. The maximum absolute atomic E-state index is 12.7. The molecule has 0 aliphatic carbocycles. The Kier molecular flexibility index (Phi) is 3.56. The highest BCUT2D eigenvalue weighted by molar-refractivity contribution is 7.98. The fraction of sp³-hybridized carbons (Fsp3) is 0.412. The van der Waals surface area contributed by atoms with Crippen molar-refractivity contribution in [3.8, 4) is 0 Å². The third-order valence-corrected chi connectivity index (χ3v) is 5.46. The molecule has 1 fully saturated rings. The molecular formula is C17H19N3O2S. The molecule has 2 aromatic rings. The molecule has 2 N–H and O–H groups in total. The third kappa shape index (κ3) is 2.32. The number of carbonyl (C=O) groups is 2. The Morgan fingerprint density at radius 1 is 1.30 bits per heavy atom. The molecule has 4 rings (SSSR count). The second-order valence-electron chi connectivity index (χ2n) is 6.16. The van der Waals surface area contributed by atoms with E-state index in [1.807, 2.05) is 24.5 Å². The average Bonchev–Trinajstić information content (AvgIpc) is 2.93. The van der Waals surface area contributed by atoms with Crippen LogP contribution >= 0.6 is 11.8 Å². The molecular weight excluding hydrogens is 310 g/mol. The van der Waals surface area contributed by atoms with Gasteiger partial charge in [0, 0.05) is 23.0 Å². The maximum atomic E-state index is 12.7. The van der Waals surface area contributed by atoms with E-state index >= 15 is 0 Å². The predicted molar refractivity (Wildman–Crippen MR) is 91.3 cm³/mol. The van der Waals surface area contributed by atoms with E-state index in [9.17, 15) is 9.59 Å². The Balaban J connectivity index is 1.68. The van der Waals surface area contributed by atoms with Gasteiger partial charge in [-0.25, -0.2) is 0 Å². The van der Waals surface area contributed by atoms with Crippen molar-refractivity contribution in [2.45, 2.75) is 31.5 Å². The summed E-state index contributed by atoms with van der Waals surface area (Å²) in [5, 5.41) is 4.08. The summed E-state index contributed by atoms with van der Waals surface area (Å²) in [5.41, 5.74) is 3.31. The molecule has 2 aliphatic heterocycles. The van der Waals surface area contributed by atoms with Crippen molar-refractivity contribution < 1.29 is 9.59 Å². The van der Waals surface area contributed by atoms with Gasteiger partial charge in [-0.1, -0.05) is 18.2 Å². The van der Waals surface area contributed by atoms with Crippen LogP contribution in [0.25, 0.3) is 10.9 Å². The second-order valence-corrected chi connectivity index (χ2v) is 7.14. The van der Waals surface area contributed by atoms with Crippen LogP contribution in [0.1, 0.15) is 17.7 Å². The maximum Gasteiger partial charge on any atom is 0.246 e. The van der Waals surface area contributed by atoms with Crippen LogP contribution in [0.5, 0.6) is 0 Å². The summed E-state index contributed by atoms with van der Waals surface area (Å²) in [6.07, 6.45) is 3.29. The normalized spacial score (nSPS) is 23.6. The summed E-state index contributed by atoms with van der Waals surface area (Å²) in [5.74, 6) is 0.895. The Labute approximate surface area is 138 Å². The lowest BCUT2D eigenvalue weighted by Crippen LogP contribution is -2.64. The zero-order valence-corrected chi connectivity index (χ0v) is 13.8. The predicted octanol–water partition coefficient (Wildman–Crippen LogP) is 1.67. The van der Waals surface area contributed by atoms with Crippen LogP contribution in [0.2, 0.25) is 0 Å². The van der Waals surface area contributed by atoms with Crippen molar-refractivity contribution in [1.82, 2.24) is 15.2 Å². The number of amides is 2. The zero-order valence-electron chi connectivity index (χ0n) is 13.0. The molecule has 1 saturated heterocycles. The molecule has 1 aromatic carbocycles. The number of thioether (sulfide) groups is 1. The lowest BCUT2D eigenvalue weighted by atomic mass is 9.92. The molecule has 0 radical (unpaired) electrons. The number of fused-ring (bicyclic) bond motifs is 4. The van der Waals surface area contributed by atoms with Crippen LogP contribution in [0.3, 0.4) is 0 Å². The fourth-order valence-electron chi connectivity index (χ4n) is 3.63. The highest BCUT2D eigenvalue weighted by atomic mass is 32.2. The second kappa shape index (κ2) is 5.60. The molecule has 6 heteroatoms. The van der Waals surface area contributed by atoms with Gasteiger partial charge in [-0.3, -0.25) is 9.59 Å². The number of aromatic amines is 1. The molecule has 23 heavy (non-hydrogen) atoms. The molecule has 0 unspecified atom stereocenters. The van der Waals surface area contributed by atoms with E-state index < -0.39 is 0 Å². The molecule has 120 valence electrons. The molecule has 2 aliphatic rings. The van der Waals surface area contributed by atoms with E-state index in [0.717, 1.165) is 22.3 Å². The van der Waals surface area contributed by atoms with E-state index in [4.69, 9.17) is 0 Å². The van der Waals surface area contributed by atoms with Gasteiger partial charge in [0.2, 0.25) is 11.8 Å². The minimum atomic E-state index is -0.378. The number of H-pyrrole nitrogens is 1. The number of rotatable bonds is 3. The molecule has 1 aromatic heterocycles. The lowest BCUT2D eigenvalue weighted by Gasteiger charge is -2.41. The Hall–Kier alpha value is -1.95. The molecule has 2 atom stereocenters. The van der Waals surface area contributed by atoms with Crippen molar-refractivity contribution in [3.63, 3.8) is 0 Å². The molecule has 2 amide bonds. The number of hydrogen-bond acceptors (Lipinski definition) is 3. The fourth-order valence-corrected chi connectivity index (χ4v) is 4.11. The number of benzene rings is 1. The van der Waals surface area contributed by atoms with Crippen molar-refractivity contribution in [1.29, 1.82) is 0 Å². The van der Waals surface area contributed by atoms with E-state index in [1.54, 1.807) is 16.7 Å². The van der Waals surface area contributed by atoms with Crippen molar-refractivity contribution in [3.05, 3.63) is 35.5 Å². The first-order valence-electron chi connectivity index (χ1n) is 7.87. The van der Waals surface area contributed by atoms with Gasteiger partial charge in [-0.2, -0.15) is 11.8 Å². The minimum Gasteiger partial charge on any atom is -0.357 e. The van der Waals surface area contributed by atoms with Gasteiger partial charge in [0.1, 0.15) is 12.1 Å². The van der Waals surface area contributed by atoms with E-state index in [-0.39, 0.29) is 23.9 Å². The van der Waals surface area contributed by atoms with Crippen LogP contribution in [0.15, 0.2) is 24.3 Å². The highest BCUT2D eigenvalue weighted by Crippen LogP contribution is 2.32. The number of carbonyl (C=O) groups excluding carboxylic acids is 2. The topological polar surface area (TPSA) is 65.2 Å². The number of nitrogens with zero attached hydrogens (tertiary/aromatic N) is 1. The van der Waals surface area contributed by atoms with Crippen molar-refractivity contribution in [2.75, 3.05) is 12.0 Å². The Morgan fingerprint density at radius 3 is 2.96 bits per heavy atom. The third-order valence-electron chi connectivity index (χ3n) is 4.82. The largest absolute Gasteiger partial charge is 0.357 e. The van der Waals surface area contributed by atoms with Crippen molar-refractivity contribution >= 4 is 34.5 Å². The van der Waals surface area contributed by atoms with Crippen LogP contribution in [0.4, 0.5) is 0 Å². The average molecular weight is 329 g/mol. The molecule has 0 bridgehead atoms. The van der Waals surface area contributed by atoms with Crippen LogP contribution in [-0.2, 0) is 22.6 Å². The Morgan fingerprint density at radius 2 is 2.13 bits per heavy atom. The van der Waals surface area contributed by atoms with E-state index in [2.05, 4.69) is 16.4 Å².